The molecule has 0 bridgehead atoms. The Morgan fingerprint density at radius 3 is 2.29 bits per heavy atom. The molecule has 0 aliphatic carbocycles. The van der Waals surface area contributed by atoms with Crippen molar-refractivity contribution in [1.29, 1.82) is 0 Å². The van der Waals surface area contributed by atoms with E-state index in [-0.39, 0.29) is 6.04 Å². The molecule has 5 nitrogen and oxygen atoms in total. The number of hydrogen-bond donors (Lipinski definition) is 1. The second kappa shape index (κ2) is 6.24. The van der Waals surface area contributed by atoms with Crippen molar-refractivity contribution < 1.29 is 8.42 Å². The zero-order chi connectivity index (χ0) is 15.5. The Morgan fingerprint density at radius 1 is 1.10 bits per heavy atom. The smallest absolute Gasteiger partial charge is 0.242 e. The van der Waals surface area contributed by atoms with Crippen LogP contribution in [0.1, 0.15) is 18.5 Å². The minimum absolute atomic E-state index is 0.0380. The Hall–Kier alpha value is -1.92. The zero-order valence-electron chi connectivity index (χ0n) is 12.3. The first-order valence-electron chi connectivity index (χ1n) is 6.61. The summed E-state index contributed by atoms with van der Waals surface area (Å²) in [5, 5.41) is 3.27. The van der Waals surface area contributed by atoms with Gasteiger partial charge in [0, 0.05) is 26.3 Å². The van der Waals surface area contributed by atoms with E-state index in [9.17, 15) is 8.42 Å². The standard InChI is InChI=1S/C15H19N3O2S/c1-12(17-15-6-4-5-11-16-15)13-7-9-14(10-8-13)21(19,20)18(2)3/h4-12H,1-3H3,(H,16,17)/t12-/m1/s1. The van der Waals surface area contributed by atoms with E-state index in [1.165, 1.54) is 18.4 Å². The van der Waals surface area contributed by atoms with Crippen molar-refractivity contribution >= 4 is 15.8 Å². The molecule has 0 unspecified atom stereocenters. The first kappa shape index (κ1) is 15.5. The van der Waals surface area contributed by atoms with Gasteiger partial charge in [0.15, 0.2) is 0 Å². The molecule has 0 aliphatic rings. The van der Waals surface area contributed by atoms with Gasteiger partial charge in [-0.25, -0.2) is 17.7 Å². The first-order chi connectivity index (χ1) is 9.91. The highest BCUT2D eigenvalue weighted by molar-refractivity contribution is 7.89. The molecule has 0 radical (unpaired) electrons. The third-order valence-corrected chi connectivity index (χ3v) is 5.02. The maximum absolute atomic E-state index is 12.0. The van der Waals surface area contributed by atoms with Gasteiger partial charge in [-0.1, -0.05) is 18.2 Å². The van der Waals surface area contributed by atoms with Crippen LogP contribution in [0.5, 0.6) is 0 Å². The predicted octanol–water partition coefficient (Wildman–Crippen LogP) is 2.51. The lowest BCUT2D eigenvalue weighted by atomic mass is 10.1. The summed E-state index contributed by atoms with van der Waals surface area (Å²) in [5.41, 5.74) is 0.998. The fraction of sp³-hybridized carbons (Fsp3) is 0.267. The molecule has 0 fully saturated rings. The molecule has 1 heterocycles. The van der Waals surface area contributed by atoms with Crippen molar-refractivity contribution in [2.24, 2.45) is 0 Å². The number of benzene rings is 1. The van der Waals surface area contributed by atoms with Gasteiger partial charge in [0.05, 0.1) is 4.90 Å². The molecule has 0 aliphatic heterocycles. The predicted molar refractivity (Wildman–Crippen MR) is 83.6 cm³/mol. The Labute approximate surface area is 125 Å². The molecule has 1 atom stereocenters. The van der Waals surface area contributed by atoms with Crippen molar-refractivity contribution in [2.45, 2.75) is 17.9 Å². The maximum atomic E-state index is 12.0. The summed E-state index contributed by atoms with van der Waals surface area (Å²) in [4.78, 5) is 4.50. The van der Waals surface area contributed by atoms with Gasteiger partial charge in [-0.3, -0.25) is 0 Å². The van der Waals surface area contributed by atoms with Crippen molar-refractivity contribution in [2.75, 3.05) is 19.4 Å². The molecule has 0 amide bonds. The van der Waals surface area contributed by atoms with Gasteiger partial charge < -0.3 is 5.32 Å². The fourth-order valence-electron chi connectivity index (χ4n) is 1.89. The molecule has 1 aromatic heterocycles. The van der Waals surface area contributed by atoms with Crippen LogP contribution >= 0.6 is 0 Å². The minimum atomic E-state index is -3.38. The number of nitrogens with one attached hydrogen (secondary N) is 1. The van der Waals surface area contributed by atoms with E-state index >= 15 is 0 Å². The third kappa shape index (κ3) is 3.59. The number of aromatic nitrogens is 1. The number of sulfonamides is 1. The summed E-state index contributed by atoms with van der Waals surface area (Å²) >= 11 is 0. The topological polar surface area (TPSA) is 62.3 Å². The number of hydrogen-bond acceptors (Lipinski definition) is 4. The number of pyridine rings is 1. The summed E-state index contributed by atoms with van der Waals surface area (Å²) in [6.07, 6.45) is 1.72. The van der Waals surface area contributed by atoms with Gasteiger partial charge in [0.25, 0.3) is 0 Å². The van der Waals surface area contributed by atoms with Gasteiger partial charge >= 0.3 is 0 Å². The van der Waals surface area contributed by atoms with Crippen LogP contribution in [0.2, 0.25) is 0 Å². The van der Waals surface area contributed by atoms with Crippen LogP contribution in [-0.4, -0.2) is 31.8 Å². The highest BCUT2D eigenvalue weighted by atomic mass is 32.2. The Kier molecular flexibility index (Phi) is 4.59. The van der Waals surface area contributed by atoms with Crippen molar-refractivity contribution in [3.8, 4) is 0 Å². The van der Waals surface area contributed by atoms with Crippen LogP contribution in [0, 0.1) is 0 Å². The number of anilines is 1. The lowest BCUT2D eigenvalue weighted by Gasteiger charge is -2.16. The second-order valence-electron chi connectivity index (χ2n) is 4.94. The van der Waals surface area contributed by atoms with Crippen molar-refractivity contribution in [3.05, 3.63) is 54.2 Å². The molecule has 1 N–H and O–H groups in total. The molecular formula is C15H19N3O2S. The average Bonchev–Trinajstić information content (AvgIpc) is 2.48. The summed E-state index contributed by atoms with van der Waals surface area (Å²) in [5.74, 6) is 0.787. The molecule has 0 saturated heterocycles. The SMILES string of the molecule is C[C@@H](Nc1ccccn1)c1ccc(S(=O)(=O)N(C)C)cc1. The van der Waals surface area contributed by atoms with E-state index in [2.05, 4.69) is 10.3 Å². The summed E-state index contributed by atoms with van der Waals surface area (Å²) in [7, 11) is -0.333. The van der Waals surface area contributed by atoms with Gasteiger partial charge in [0.1, 0.15) is 5.82 Å². The van der Waals surface area contributed by atoms with Crippen molar-refractivity contribution in [3.63, 3.8) is 0 Å². The Bertz CT molecular complexity index is 683. The van der Waals surface area contributed by atoms with Crippen LogP contribution in [-0.2, 0) is 10.0 Å². The van der Waals surface area contributed by atoms with Crippen molar-refractivity contribution in [1.82, 2.24) is 9.29 Å². The van der Waals surface area contributed by atoms with E-state index < -0.39 is 10.0 Å². The average molecular weight is 305 g/mol. The van der Waals surface area contributed by atoms with E-state index in [4.69, 9.17) is 0 Å². The minimum Gasteiger partial charge on any atom is -0.364 e. The largest absolute Gasteiger partial charge is 0.364 e. The quantitative estimate of drug-likeness (QED) is 0.922. The molecule has 0 saturated carbocycles. The molecule has 0 spiro atoms. The molecule has 21 heavy (non-hydrogen) atoms. The van der Waals surface area contributed by atoms with Gasteiger partial charge in [0.2, 0.25) is 10.0 Å². The van der Waals surface area contributed by atoms with Gasteiger partial charge in [-0.05, 0) is 36.8 Å². The molecule has 2 aromatic rings. The lowest BCUT2D eigenvalue weighted by Crippen LogP contribution is -2.22. The van der Waals surface area contributed by atoms with E-state index in [1.54, 1.807) is 18.3 Å². The molecule has 1 aromatic carbocycles. The van der Waals surface area contributed by atoms with E-state index in [0.717, 1.165) is 11.4 Å². The van der Waals surface area contributed by atoms with Crippen LogP contribution in [0.4, 0.5) is 5.82 Å². The van der Waals surface area contributed by atoms with E-state index in [0.29, 0.717) is 4.90 Å². The van der Waals surface area contributed by atoms with Crippen LogP contribution in [0.3, 0.4) is 0 Å². The summed E-state index contributed by atoms with van der Waals surface area (Å²) in [6, 6.07) is 12.6. The van der Waals surface area contributed by atoms with Crippen LogP contribution in [0.15, 0.2) is 53.6 Å². The normalized spacial score (nSPS) is 13.1. The van der Waals surface area contributed by atoms with E-state index in [1.807, 2.05) is 37.3 Å². The molecular weight excluding hydrogens is 286 g/mol. The third-order valence-electron chi connectivity index (χ3n) is 3.19. The van der Waals surface area contributed by atoms with Gasteiger partial charge in [-0.15, -0.1) is 0 Å². The first-order valence-corrected chi connectivity index (χ1v) is 8.05. The lowest BCUT2D eigenvalue weighted by molar-refractivity contribution is 0.520. The monoisotopic (exact) mass is 305 g/mol. The number of nitrogens with zero attached hydrogens (tertiary/aromatic N) is 2. The Balaban J connectivity index is 2.16. The summed E-state index contributed by atoms with van der Waals surface area (Å²) < 4.78 is 25.2. The molecule has 2 rings (SSSR count). The molecule has 112 valence electrons. The highest BCUT2D eigenvalue weighted by Gasteiger charge is 2.17. The summed E-state index contributed by atoms with van der Waals surface area (Å²) in [6.45, 7) is 2.00. The fourth-order valence-corrected chi connectivity index (χ4v) is 2.79. The Morgan fingerprint density at radius 2 is 1.76 bits per heavy atom. The highest BCUT2D eigenvalue weighted by Crippen LogP contribution is 2.20. The maximum Gasteiger partial charge on any atom is 0.242 e. The zero-order valence-corrected chi connectivity index (χ0v) is 13.1. The number of rotatable bonds is 5. The second-order valence-corrected chi connectivity index (χ2v) is 7.09. The van der Waals surface area contributed by atoms with Gasteiger partial charge in [-0.2, -0.15) is 0 Å². The molecule has 6 heteroatoms. The van der Waals surface area contributed by atoms with Crippen LogP contribution < -0.4 is 5.32 Å². The van der Waals surface area contributed by atoms with Crippen LogP contribution in [0.25, 0.3) is 0 Å².